The molecule has 0 aliphatic carbocycles. The molecule has 0 saturated carbocycles. The smallest absolute Gasteiger partial charge is 0.417 e. The maximum atomic E-state index is 13.3. The molecule has 0 unspecified atom stereocenters. The summed E-state index contributed by atoms with van der Waals surface area (Å²) in [6.45, 7) is 0.107. The molecule has 0 radical (unpaired) electrons. The van der Waals surface area contributed by atoms with E-state index in [1.165, 1.54) is 6.26 Å². The second-order valence-corrected chi connectivity index (χ2v) is 7.64. The minimum atomic E-state index is -4.83. The van der Waals surface area contributed by atoms with E-state index in [4.69, 9.17) is 16.0 Å². The predicted molar refractivity (Wildman–Crippen MR) is 81.0 cm³/mol. The fourth-order valence-corrected chi connectivity index (χ4v) is 5.30. The molecule has 1 saturated heterocycles. The van der Waals surface area contributed by atoms with Gasteiger partial charge in [-0.25, -0.2) is 8.42 Å². The Balaban J connectivity index is 2.12. The molecule has 1 aromatic heterocycles. The van der Waals surface area contributed by atoms with Crippen molar-refractivity contribution in [2.24, 2.45) is 0 Å². The fraction of sp³-hybridized carbons (Fsp3) is 0.333. The minimum Gasteiger partial charge on any atom is -0.468 e. The van der Waals surface area contributed by atoms with Gasteiger partial charge in [0.05, 0.1) is 22.9 Å². The van der Waals surface area contributed by atoms with E-state index in [0.29, 0.717) is 18.6 Å². The van der Waals surface area contributed by atoms with Crippen LogP contribution in [0.1, 0.15) is 30.2 Å². The lowest BCUT2D eigenvalue weighted by Crippen LogP contribution is -2.32. The van der Waals surface area contributed by atoms with Crippen molar-refractivity contribution in [2.45, 2.75) is 30.0 Å². The SMILES string of the molecule is O=S(=O)(c1c(Cl)cccc1C(F)(F)F)N1CCC[C@H]1c1ccco1. The first-order chi connectivity index (χ1) is 11.2. The second kappa shape index (κ2) is 6.09. The molecule has 2 heterocycles. The fourth-order valence-electron chi connectivity index (χ4n) is 2.90. The molecule has 1 aliphatic rings. The second-order valence-electron chi connectivity index (χ2n) is 5.40. The summed E-state index contributed by atoms with van der Waals surface area (Å²) in [4.78, 5) is -0.905. The number of hydrogen-bond donors (Lipinski definition) is 0. The standard InChI is InChI=1S/C15H13ClF3NO3S/c16-11-5-1-4-10(15(17,18)19)14(11)24(21,22)20-8-2-6-12(20)13-7-3-9-23-13/h1,3-5,7,9,12H,2,6,8H2/t12-/m0/s1. The first kappa shape index (κ1) is 17.3. The zero-order valence-corrected chi connectivity index (χ0v) is 13.8. The molecular formula is C15H13ClF3NO3S. The summed E-state index contributed by atoms with van der Waals surface area (Å²) in [6.07, 6.45) is -2.43. The number of nitrogens with zero attached hydrogens (tertiary/aromatic N) is 1. The summed E-state index contributed by atoms with van der Waals surface area (Å²) in [7, 11) is -4.44. The van der Waals surface area contributed by atoms with Crippen LogP contribution in [0.15, 0.2) is 45.9 Å². The largest absolute Gasteiger partial charge is 0.468 e. The summed E-state index contributed by atoms with van der Waals surface area (Å²) in [5, 5.41) is -0.449. The van der Waals surface area contributed by atoms with Gasteiger partial charge in [0.15, 0.2) is 0 Å². The van der Waals surface area contributed by atoms with Crippen LogP contribution in [-0.4, -0.2) is 19.3 Å². The van der Waals surface area contributed by atoms with Crippen LogP contribution in [0.3, 0.4) is 0 Å². The molecule has 0 N–H and O–H groups in total. The highest BCUT2D eigenvalue weighted by atomic mass is 35.5. The third-order valence-electron chi connectivity index (χ3n) is 3.91. The molecular weight excluding hydrogens is 367 g/mol. The van der Waals surface area contributed by atoms with Gasteiger partial charge >= 0.3 is 6.18 Å². The van der Waals surface area contributed by atoms with E-state index in [1.807, 2.05) is 0 Å². The number of sulfonamides is 1. The molecule has 3 rings (SSSR count). The Kier molecular flexibility index (Phi) is 4.39. The predicted octanol–water partition coefficient (Wildman–Crippen LogP) is 4.48. The zero-order chi connectivity index (χ0) is 17.5. The van der Waals surface area contributed by atoms with Crippen molar-refractivity contribution < 1.29 is 26.0 Å². The van der Waals surface area contributed by atoms with Gasteiger partial charge in [0.1, 0.15) is 10.7 Å². The molecule has 2 aromatic rings. The average Bonchev–Trinajstić information content (AvgIpc) is 3.16. The van der Waals surface area contributed by atoms with E-state index >= 15 is 0 Å². The van der Waals surface area contributed by atoms with E-state index < -0.39 is 37.7 Å². The lowest BCUT2D eigenvalue weighted by molar-refractivity contribution is -0.139. The van der Waals surface area contributed by atoms with Crippen LogP contribution in [0, 0.1) is 0 Å². The van der Waals surface area contributed by atoms with Gasteiger partial charge in [-0.05, 0) is 37.1 Å². The Labute approximate surface area is 141 Å². The van der Waals surface area contributed by atoms with Crippen LogP contribution in [0.25, 0.3) is 0 Å². The average molecular weight is 380 g/mol. The van der Waals surface area contributed by atoms with Gasteiger partial charge in [-0.15, -0.1) is 0 Å². The molecule has 0 amide bonds. The summed E-state index contributed by atoms with van der Waals surface area (Å²) < 4.78 is 71.9. The number of hydrogen-bond acceptors (Lipinski definition) is 3. The number of alkyl halides is 3. The maximum absolute atomic E-state index is 13.3. The molecule has 1 fully saturated rings. The van der Waals surface area contributed by atoms with Crippen molar-refractivity contribution in [3.63, 3.8) is 0 Å². The summed E-state index contributed by atoms with van der Waals surface area (Å²) in [5.41, 5.74) is -1.26. The van der Waals surface area contributed by atoms with Crippen molar-refractivity contribution in [3.05, 3.63) is 52.9 Å². The number of halogens is 4. The molecule has 1 aromatic carbocycles. The van der Waals surface area contributed by atoms with Gasteiger partial charge in [-0.1, -0.05) is 17.7 Å². The Morgan fingerprint density at radius 2 is 1.96 bits per heavy atom. The van der Waals surface area contributed by atoms with Crippen molar-refractivity contribution in [1.82, 2.24) is 4.31 Å². The summed E-state index contributed by atoms with van der Waals surface area (Å²) in [6, 6.07) is 5.52. The first-order valence-electron chi connectivity index (χ1n) is 7.14. The number of benzene rings is 1. The van der Waals surface area contributed by atoms with Crippen LogP contribution in [0.4, 0.5) is 13.2 Å². The Hall–Kier alpha value is -1.51. The van der Waals surface area contributed by atoms with Gasteiger partial charge in [-0.2, -0.15) is 17.5 Å². The Morgan fingerprint density at radius 1 is 1.21 bits per heavy atom. The third-order valence-corrected chi connectivity index (χ3v) is 6.35. The topological polar surface area (TPSA) is 50.5 Å². The Bertz CT molecular complexity index is 834. The molecule has 4 nitrogen and oxygen atoms in total. The first-order valence-corrected chi connectivity index (χ1v) is 8.95. The summed E-state index contributed by atoms with van der Waals surface area (Å²) in [5.74, 6) is 0.400. The van der Waals surface area contributed by atoms with Crippen LogP contribution in [0.2, 0.25) is 5.02 Å². The van der Waals surface area contributed by atoms with E-state index in [-0.39, 0.29) is 6.54 Å². The Morgan fingerprint density at radius 3 is 2.58 bits per heavy atom. The van der Waals surface area contributed by atoms with Crippen LogP contribution in [0.5, 0.6) is 0 Å². The van der Waals surface area contributed by atoms with E-state index in [9.17, 15) is 21.6 Å². The lowest BCUT2D eigenvalue weighted by atomic mass is 10.2. The normalized spacial score (nSPS) is 19.8. The number of furan rings is 1. The van der Waals surface area contributed by atoms with Crippen LogP contribution in [-0.2, 0) is 16.2 Å². The van der Waals surface area contributed by atoms with E-state index in [2.05, 4.69) is 0 Å². The quantitative estimate of drug-likeness (QED) is 0.790. The highest BCUT2D eigenvalue weighted by Gasteiger charge is 2.44. The minimum absolute atomic E-state index is 0.107. The molecule has 24 heavy (non-hydrogen) atoms. The van der Waals surface area contributed by atoms with Crippen molar-refractivity contribution in [1.29, 1.82) is 0 Å². The van der Waals surface area contributed by atoms with E-state index in [1.54, 1.807) is 12.1 Å². The summed E-state index contributed by atoms with van der Waals surface area (Å²) >= 11 is 5.84. The molecule has 9 heteroatoms. The zero-order valence-electron chi connectivity index (χ0n) is 12.3. The van der Waals surface area contributed by atoms with Crippen molar-refractivity contribution in [3.8, 4) is 0 Å². The van der Waals surface area contributed by atoms with Gasteiger partial charge in [0.25, 0.3) is 0 Å². The molecule has 130 valence electrons. The van der Waals surface area contributed by atoms with Gasteiger partial charge in [0.2, 0.25) is 10.0 Å². The van der Waals surface area contributed by atoms with Gasteiger partial charge in [0, 0.05) is 6.54 Å². The molecule has 1 aliphatic heterocycles. The van der Waals surface area contributed by atoms with Crippen LogP contribution >= 0.6 is 11.6 Å². The number of rotatable bonds is 3. The van der Waals surface area contributed by atoms with E-state index in [0.717, 1.165) is 22.5 Å². The maximum Gasteiger partial charge on any atom is 0.417 e. The monoisotopic (exact) mass is 379 g/mol. The molecule has 1 atom stereocenters. The van der Waals surface area contributed by atoms with Gasteiger partial charge in [-0.3, -0.25) is 0 Å². The van der Waals surface area contributed by atoms with Gasteiger partial charge < -0.3 is 4.42 Å². The highest BCUT2D eigenvalue weighted by Crippen LogP contribution is 2.43. The van der Waals surface area contributed by atoms with Crippen molar-refractivity contribution in [2.75, 3.05) is 6.54 Å². The molecule has 0 bridgehead atoms. The van der Waals surface area contributed by atoms with Crippen LogP contribution < -0.4 is 0 Å². The highest BCUT2D eigenvalue weighted by molar-refractivity contribution is 7.89. The lowest BCUT2D eigenvalue weighted by Gasteiger charge is -2.25. The van der Waals surface area contributed by atoms with Crippen molar-refractivity contribution >= 4 is 21.6 Å². The third kappa shape index (κ3) is 2.94. The molecule has 0 spiro atoms.